The van der Waals surface area contributed by atoms with Crippen LogP contribution in [0.5, 0.6) is 0 Å². The minimum Gasteiger partial charge on any atom is -0.373 e. The Morgan fingerprint density at radius 1 is 1.32 bits per heavy atom. The van der Waals surface area contributed by atoms with Crippen molar-refractivity contribution in [1.82, 2.24) is 25.5 Å². The zero-order valence-corrected chi connectivity index (χ0v) is 14.0. The lowest BCUT2D eigenvalue weighted by atomic mass is 9.88. The zero-order chi connectivity index (χ0) is 17.1. The molecule has 8 heteroatoms. The van der Waals surface area contributed by atoms with Crippen LogP contribution in [0.2, 0.25) is 0 Å². The highest BCUT2D eigenvalue weighted by molar-refractivity contribution is 5.93. The number of aromatic nitrogens is 4. The number of rotatable bonds is 4. The van der Waals surface area contributed by atoms with E-state index in [0.29, 0.717) is 6.61 Å². The van der Waals surface area contributed by atoms with Gasteiger partial charge in [-0.05, 0) is 54.9 Å². The molecule has 8 nitrogen and oxygen atoms in total. The average molecular weight is 342 g/mol. The van der Waals surface area contributed by atoms with Gasteiger partial charge in [0.15, 0.2) is 0 Å². The molecule has 1 aromatic heterocycles. The molecule has 2 aliphatic rings. The molecule has 2 fully saturated rings. The summed E-state index contributed by atoms with van der Waals surface area (Å²) in [4.78, 5) is 14.9. The van der Waals surface area contributed by atoms with Crippen molar-refractivity contribution in [3.05, 3.63) is 36.7 Å². The van der Waals surface area contributed by atoms with E-state index in [1.807, 2.05) is 35.2 Å². The Balaban J connectivity index is 1.56. The predicted octanol–water partition coefficient (Wildman–Crippen LogP) is 0.617. The molecule has 2 aromatic rings. The number of carbonyl (C=O) groups excluding carboxylic acids is 1. The van der Waals surface area contributed by atoms with Crippen LogP contribution in [-0.2, 0) is 16.1 Å². The van der Waals surface area contributed by atoms with Crippen molar-refractivity contribution in [2.75, 3.05) is 24.6 Å². The van der Waals surface area contributed by atoms with Gasteiger partial charge in [-0.15, -0.1) is 5.10 Å². The second-order valence-corrected chi connectivity index (χ2v) is 6.71. The highest BCUT2D eigenvalue weighted by Gasteiger charge is 2.44. The molecule has 0 aliphatic carbocycles. The lowest BCUT2D eigenvalue weighted by Gasteiger charge is -2.34. The molecule has 1 unspecified atom stereocenters. The summed E-state index contributed by atoms with van der Waals surface area (Å²) >= 11 is 0. The van der Waals surface area contributed by atoms with E-state index in [0.717, 1.165) is 38.0 Å². The smallest absolute Gasteiger partial charge is 0.249 e. The number of tetrazole rings is 1. The van der Waals surface area contributed by atoms with Crippen LogP contribution in [-0.4, -0.2) is 57.5 Å². The van der Waals surface area contributed by atoms with Gasteiger partial charge in [-0.25, -0.2) is 4.68 Å². The van der Waals surface area contributed by atoms with Gasteiger partial charge in [0.05, 0.1) is 18.2 Å². The second-order valence-electron chi connectivity index (χ2n) is 6.71. The molecule has 132 valence electrons. The molecule has 0 saturated carbocycles. The van der Waals surface area contributed by atoms with E-state index in [-0.39, 0.29) is 24.1 Å². The topological polar surface area (TPSA) is 85.2 Å². The van der Waals surface area contributed by atoms with E-state index >= 15 is 0 Å². The Hall–Kier alpha value is -2.32. The van der Waals surface area contributed by atoms with E-state index in [2.05, 4.69) is 20.8 Å². The molecule has 0 bridgehead atoms. The van der Waals surface area contributed by atoms with Crippen molar-refractivity contribution in [3.8, 4) is 0 Å². The molecule has 1 amide bonds. The van der Waals surface area contributed by atoms with E-state index in [4.69, 9.17) is 4.74 Å². The average Bonchev–Trinajstić information content (AvgIpc) is 3.28. The standard InChI is InChI=1S/C17H22N6O2/c24-16(11-22-13-19-20-21-22)23(14-4-2-1-3-5-14)15-10-17(25-12-15)6-8-18-9-7-17/h1-5,13,15,18H,6-12H2. The minimum absolute atomic E-state index is 0.0296. The number of amides is 1. The fourth-order valence-electron chi connectivity index (χ4n) is 3.83. The van der Waals surface area contributed by atoms with Crippen LogP contribution in [0.4, 0.5) is 5.69 Å². The molecule has 2 aliphatic heterocycles. The van der Waals surface area contributed by atoms with Crippen LogP contribution in [0, 0.1) is 0 Å². The molecule has 1 aromatic carbocycles. The Labute approximate surface area is 146 Å². The van der Waals surface area contributed by atoms with Crippen molar-refractivity contribution in [1.29, 1.82) is 0 Å². The summed E-state index contributed by atoms with van der Waals surface area (Å²) in [5.74, 6) is -0.0296. The number of benzene rings is 1. The summed E-state index contributed by atoms with van der Waals surface area (Å²) in [6.07, 6.45) is 4.31. The number of piperidine rings is 1. The molecular weight excluding hydrogens is 320 g/mol. The normalized spacial score (nSPS) is 22.2. The molecule has 1 atom stereocenters. The molecule has 4 rings (SSSR count). The summed E-state index contributed by atoms with van der Waals surface area (Å²) in [6.45, 7) is 2.62. The number of para-hydroxylation sites is 1. The predicted molar refractivity (Wildman–Crippen MR) is 90.9 cm³/mol. The number of carbonyl (C=O) groups is 1. The monoisotopic (exact) mass is 342 g/mol. The largest absolute Gasteiger partial charge is 0.373 e. The van der Waals surface area contributed by atoms with Crippen LogP contribution < -0.4 is 10.2 Å². The maximum Gasteiger partial charge on any atom is 0.249 e. The number of ether oxygens (including phenoxy) is 1. The van der Waals surface area contributed by atoms with Gasteiger partial charge < -0.3 is 15.0 Å². The van der Waals surface area contributed by atoms with Gasteiger partial charge in [-0.1, -0.05) is 18.2 Å². The first-order valence-corrected chi connectivity index (χ1v) is 8.68. The first kappa shape index (κ1) is 16.2. The van der Waals surface area contributed by atoms with Gasteiger partial charge in [0, 0.05) is 5.69 Å². The fourth-order valence-corrected chi connectivity index (χ4v) is 3.83. The Morgan fingerprint density at radius 3 is 2.84 bits per heavy atom. The van der Waals surface area contributed by atoms with Gasteiger partial charge in [-0.3, -0.25) is 4.79 Å². The van der Waals surface area contributed by atoms with Crippen molar-refractivity contribution < 1.29 is 9.53 Å². The van der Waals surface area contributed by atoms with E-state index in [9.17, 15) is 4.79 Å². The van der Waals surface area contributed by atoms with Crippen molar-refractivity contribution in [2.24, 2.45) is 0 Å². The van der Waals surface area contributed by atoms with Crippen LogP contribution >= 0.6 is 0 Å². The second kappa shape index (κ2) is 6.89. The zero-order valence-electron chi connectivity index (χ0n) is 14.0. The van der Waals surface area contributed by atoms with Gasteiger partial charge in [0.1, 0.15) is 12.9 Å². The first-order chi connectivity index (χ1) is 12.3. The van der Waals surface area contributed by atoms with Gasteiger partial charge in [0.25, 0.3) is 0 Å². The van der Waals surface area contributed by atoms with E-state index in [1.165, 1.54) is 11.0 Å². The highest BCUT2D eigenvalue weighted by atomic mass is 16.5. The molecule has 0 radical (unpaired) electrons. The Bertz CT molecular complexity index is 699. The van der Waals surface area contributed by atoms with Crippen LogP contribution in [0.1, 0.15) is 19.3 Å². The molecular formula is C17H22N6O2. The first-order valence-electron chi connectivity index (χ1n) is 8.68. The third-order valence-corrected chi connectivity index (χ3v) is 5.06. The molecule has 25 heavy (non-hydrogen) atoms. The summed E-state index contributed by atoms with van der Waals surface area (Å²) in [5.41, 5.74) is 0.790. The maximum absolute atomic E-state index is 13.0. The summed E-state index contributed by atoms with van der Waals surface area (Å²) in [6, 6.07) is 9.80. The molecule has 3 heterocycles. The molecule has 1 N–H and O–H groups in total. The van der Waals surface area contributed by atoms with Gasteiger partial charge >= 0.3 is 0 Å². The van der Waals surface area contributed by atoms with Crippen LogP contribution in [0.15, 0.2) is 36.7 Å². The SMILES string of the molecule is O=C(Cn1cnnn1)N(c1ccccc1)C1COC2(CCNCC2)C1. The van der Waals surface area contributed by atoms with Crippen molar-refractivity contribution in [2.45, 2.75) is 37.5 Å². The lowest BCUT2D eigenvalue weighted by Crippen LogP contribution is -2.45. The van der Waals surface area contributed by atoms with Gasteiger partial charge in [0.2, 0.25) is 5.91 Å². The highest BCUT2D eigenvalue weighted by Crippen LogP contribution is 2.37. The lowest BCUT2D eigenvalue weighted by molar-refractivity contribution is -0.119. The third-order valence-electron chi connectivity index (χ3n) is 5.06. The third kappa shape index (κ3) is 3.40. The molecule has 1 spiro atoms. The summed E-state index contributed by atoms with van der Waals surface area (Å²) in [5, 5.41) is 14.4. The number of nitrogens with one attached hydrogen (secondary N) is 1. The van der Waals surface area contributed by atoms with Crippen LogP contribution in [0.3, 0.4) is 0 Å². The van der Waals surface area contributed by atoms with Crippen molar-refractivity contribution >= 4 is 11.6 Å². The quantitative estimate of drug-likeness (QED) is 0.877. The fraction of sp³-hybridized carbons (Fsp3) is 0.529. The Morgan fingerprint density at radius 2 is 2.12 bits per heavy atom. The molecule has 2 saturated heterocycles. The number of anilines is 1. The minimum atomic E-state index is -0.0992. The van der Waals surface area contributed by atoms with Gasteiger partial charge in [-0.2, -0.15) is 0 Å². The number of nitrogens with zero attached hydrogens (tertiary/aromatic N) is 5. The van der Waals surface area contributed by atoms with E-state index < -0.39 is 0 Å². The number of hydrogen-bond acceptors (Lipinski definition) is 6. The maximum atomic E-state index is 13.0. The summed E-state index contributed by atoms with van der Waals surface area (Å²) < 4.78 is 7.65. The Kier molecular flexibility index (Phi) is 4.46. The summed E-state index contributed by atoms with van der Waals surface area (Å²) in [7, 11) is 0. The van der Waals surface area contributed by atoms with E-state index in [1.54, 1.807) is 0 Å². The van der Waals surface area contributed by atoms with Crippen LogP contribution in [0.25, 0.3) is 0 Å². The van der Waals surface area contributed by atoms with Crippen molar-refractivity contribution in [3.63, 3.8) is 0 Å². The number of hydrogen-bond donors (Lipinski definition) is 1.